The van der Waals surface area contributed by atoms with E-state index in [0.29, 0.717) is 23.4 Å². The van der Waals surface area contributed by atoms with Crippen LogP contribution >= 0.6 is 0 Å². The van der Waals surface area contributed by atoms with Crippen molar-refractivity contribution in [3.05, 3.63) is 102 Å². The van der Waals surface area contributed by atoms with E-state index in [1.165, 1.54) is 0 Å². The van der Waals surface area contributed by atoms with Gasteiger partial charge in [0.1, 0.15) is 23.4 Å². The van der Waals surface area contributed by atoms with Crippen LogP contribution in [0.4, 0.5) is 0 Å². The Morgan fingerprint density at radius 2 is 1.58 bits per heavy atom. The van der Waals surface area contributed by atoms with Gasteiger partial charge in [-0.15, -0.1) is 10.2 Å². The minimum Gasteiger partial charge on any atom is -0.457 e. The molecule has 1 aliphatic heterocycles. The number of aryl methyl sites for hydroxylation is 1. The number of hydrogen-bond donors (Lipinski definition) is 1. The van der Waals surface area contributed by atoms with Crippen LogP contribution in [0.2, 0.25) is 0 Å². The van der Waals surface area contributed by atoms with Crippen molar-refractivity contribution in [2.75, 3.05) is 0 Å². The molecule has 0 fully saturated rings. The van der Waals surface area contributed by atoms with Gasteiger partial charge in [0.05, 0.1) is 0 Å². The molecule has 4 aromatic rings. The van der Waals surface area contributed by atoms with Gasteiger partial charge in [-0.05, 0) is 48.0 Å². The average Bonchev–Trinajstić information content (AvgIpc) is 3.44. The molecule has 31 heavy (non-hydrogen) atoms. The predicted octanol–water partition coefficient (Wildman–Crippen LogP) is 5.33. The Hall–Kier alpha value is -4.10. The zero-order chi connectivity index (χ0) is 21.0. The van der Waals surface area contributed by atoms with E-state index in [1.807, 2.05) is 84.9 Å². The van der Waals surface area contributed by atoms with Gasteiger partial charge in [0.15, 0.2) is 0 Å². The molecule has 3 aromatic carbocycles. The molecule has 1 aromatic heterocycles. The zero-order valence-corrected chi connectivity index (χ0v) is 16.7. The van der Waals surface area contributed by atoms with Crippen LogP contribution < -0.4 is 15.0 Å². The standard InChI is InChI=1S/C24H19N3O4/c1-16-25-26-24(28-16)18-6-5-9-21(14-18)30-23-15-22(31-27-23)17-10-12-20(13-11-17)29-19-7-3-2-4-8-19/h2-15,22,27H,1H3. The van der Waals surface area contributed by atoms with Gasteiger partial charge in [0.2, 0.25) is 17.7 Å². The number of benzene rings is 3. The molecule has 1 unspecified atom stereocenters. The summed E-state index contributed by atoms with van der Waals surface area (Å²) in [6, 6.07) is 24.8. The number of aromatic nitrogens is 2. The summed E-state index contributed by atoms with van der Waals surface area (Å²) in [6.45, 7) is 1.75. The van der Waals surface area contributed by atoms with Gasteiger partial charge in [-0.25, -0.2) is 5.48 Å². The number of hydroxylamine groups is 1. The second kappa shape index (κ2) is 8.33. The molecule has 0 bridgehead atoms. The van der Waals surface area contributed by atoms with E-state index in [2.05, 4.69) is 15.7 Å². The molecule has 2 heterocycles. The topological polar surface area (TPSA) is 78.6 Å². The van der Waals surface area contributed by atoms with Gasteiger partial charge >= 0.3 is 0 Å². The fourth-order valence-electron chi connectivity index (χ4n) is 3.13. The zero-order valence-electron chi connectivity index (χ0n) is 16.7. The minimum atomic E-state index is -0.275. The van der Waals surface area contributed by atoms with Crippen molar-refractivity contribution in [3.63, 3.8) is 0 Å². The van der Waals surface area contributed by atoms with Crippen molar-refractivity contribution < 1.29 is 18.7 Å². The van der Waals surface area contributed by atoms with Crippen molar-refractivity contribution in [1.82, 2.24) is 15.7 Å². The van der Waals surface area contributed by atoms with E-state index in [4.69, 9.17) is 18.7 Å². The number of nitrogens with zero attached hydrogens (tertiary/aromatic N) is 2. The lowest BCUT2D eigenvalue weighted by Crippen LogP contribution is -2.12. The number of para-hydroxylation sites is 1. The Labute approximate surface area is 178 Å². The van der Waals surface area contributed by atoms with Crippen molar-refractivity contribution in [2.45, 2.75) is 13.0 Å². The Bertz CT molecular complexity index is 1200. The Morgan fingerprint density at radius 3 is 2.35 bits per heavy atom. The quantitative estimate of drug-likeness (QED) is 0.457. The molecule has 5 rings (SSSR count). The van der Waals surface area contributed by atoms with Gasteiger partial charge in [0, 0.05) is 18.6 Å². The van der Waals surface area contributed by atoms with Crippen LogP contribution in [0.15, 0.2) is 95.2 Å². The highest BCUT2D eigenvalue weighted by Gasteiger charge is 2.20. The molecule has 0 aliphatic carbocycles. The Balaban J connectivity index is 1.26. The first-order chi connectivity index (χ1) is 15.2. The fraction of sp³-hybridized carbons (Fsp3) is 0.0833. The smallest absolute Gasteiger partial charge is 0.247 e. The largest absolute Gasteiger partial charge is 0.457 e. The van der Waals surface area contributed by atoms with Crippen LogP contribution in [-0.4, -0.2) is 10.2 Å². The fourth-order valence-corrected chi connectivity index (χ4v) is 3.13. The SMILES string of the molecule is Cc1nnc(-c2cccc(OC3=CC(c4ccc(Oc5ccccc5)cc4)ON3)c2)o1. The minimum absolute atomic E-state index is 0.275. The maximum Gasteiger partial charge on any atom is 0.247 e. The summed E-state index contributed by atoms with van der Waals surface area (Å²) in [5.41, 5.74) is 4.58. The van der Waals surface area contributed by atoms with Gasteiger partial charge in [0.25, 0.3) is 0 Å². The summed E-state index contributed by atoms with van der Waals surface area (Å²) in [5.74, 6) is 3.65. The summed E-state index contributed by atoms with van der Waals surface area (Å²) in [5, 5.41) is 7.90. The maximum absolute atomic E-state index is 5.91. The molecule has 1 N–H and O–H groups in total. The number of hydrogen-bond acceptors (Lipinski definition) is 7. The van der Waals surface area contributed by atoms with Crippen LogP contribution in [0.25, 0.3) is 11.5 Å². The summed E-state index contributed by atoms with van der Waals surface area (Å²) >= 11 is 0. The van der Waals surface area contributed by atoms with Crippen LogP contribution in [-0.2, 0) is 4.84 Å². The van der Waals surface area contributed by atoms with Crippen LogP contribution in [0.3, 0.4) is 0 Å². The first-order valence-electron chi connectivity index (χ1n) is 9.78. The number of nitrogens with one attached hydrogen (secondary N) is 1. The summed E-state index contributed by atoms with van der Waals surface area (Å²) in [4.78, 5) is 5.65. The lowest BCUT2D eigenvalue weighted by molar-refractivity contribution is 0.0273. The summed E-state index contributed by atoms with van der Waals surface area (Å²) < 4.78 is 17.2. The van der Waals surface area contributed by atoms with Crippen LogP contribution in [0.5, 0.6) is 17.2 Å². The molecule has 0 saturated heterocycles. The van der Waals surface area contributed by atoms with Gasteiger partial charge in [-0.2, -0.15) is 0 Å². The molecule has 0 spiro atoms. The third-order valence-electron chi connectivity index (χ3n) is 4.61. The van der Waals surface area contributed by atoms with E-state index in [0.717, 1.165) is 22.6 Å². The number of ether oxygens (including phenoxy) is 2. The third-order valence-corrected chi connectivity index (χ3v) is 4.61. The van der Waals surface area contributed by atoms with Crippen molar-refractivity contribution in [3.8, 4) is 28.7 Å². The molecule has 0 saturated carbocycles. The normalized spacial score (nSPS) is 15.3. The van der Waals surface area contributed by atoms with Crippen LogP contribution in [0, 0.1) is 6.92 Å². The van der Waals surface area contributed by atoms with Gasteiger partial charge in [-0.1, -0.05) is 36.4 Å². The Kier molecular flexibility index (Phi) is 5.08. The molecule has 1 atom stereocenters. The molecule has 0 amide bonds. The van der Waals surface area contributed by atoms with Crippen LogP contribution in [0.1, 0.15) is 17.6 Å². The Morgan fingerprint density at radius 1 is 0.806 bits per heavy atom. The molecular weight excluding hydrogens is 394 g/mol. The van der Waals surface area contributed by atoms with Gasteiger partial charge < -0.3 is 13.9 Å². The first-order valence-corrected chi connectivity index (χ1v) is 9.78. The molecule has 7 heteroatoms. The second-order valence-electron chi connectivity index (χ2n) is 6.91. The highest BCUT2D eigenvalue weighted by molar-refractivity contribution is 5.55. The average molecular weight is 413 g/mol. The van der Waals surface area contributed by atoms with E-state index in [-0.39, 0.29) is 6.10 Å². The third kappa shape index (κ3) is 4.41. The summed E-state index contributed by atoms with van der Waals surface area (Å²) in [6.07, 6.45) is 1.60. The lowest BCUT2D eigenvalue weighted by atomic mass is 10.1. The number of rotatable bonds is 6. The molecule has 0 radical (unpaired) electrons. The molecule has 7 nitrogen and oxygen atoms in total. The van der Waals surface area contributed by atoms with E-state index in [9.17, 15) is 0 Å². The molecule has 1 aliphatic rings. The summed E-state index contributed by atoms with van der Waals surface area (Å²) in [7, 11) is 0. The van der Waals surface area contributed by atoms with E-state index < -0.39 is 0 Å². The van der Waals surface area contributed by atoms with Crippen molar-refractivity contribution in [2.24, 2.45) is 0 Å². The predicted molar refractivity (Wildman–Crippen MR) is 113 cm³/mol. The second-order valence-corrected chi connectivity index (χ2v) is 6.91. The lowest BCUT2D eigenvalue weighted by Gasteiger charge is -2.09. The highest BCUT2D eigenvalue weighted by Crippen LogP contribution is 2.29. The monoisotopic (exact) mass is 413 g/mol. The highest BCUT2D eigenvalue weighted by atomic mass is 16.7. The van der Waals surface area contributed by atoms with Gasteiger partial charge in [-0.3, -0.25) is 4.84 Å². The molecular formula is C24H19N3O4. The van der Waals surface area contributed by atoms with E-state index >= 15 is 0 Å². The molecule has 154 valence electrons. The first kappa shape index (κ1) is 18.9. The van der Waals surface area contributed by atoms with Crippen molar-refractivity contribution >= 4 is 0 Å². The maximum atomic E-state index is 5.91. The van der Waals surface area contributed by atoms with E-state index in [1.54, 1.807) is 6.92 Å². The van der Waals surface area contributed by atoms with Crippen molar-refractivity contribution in [1.29, 1.82) is 0 Å².